The average Bonchev–Trinajstić information content (AvgIpc) is 3.47. The lowest BCUT2D eigenvalue weighted by Crippen LogP contribution is -2.74. The second-order valence-corrected chi connectivity index (χ2v) is 18.3. The van der Waals surface area contributed by atoms with E-state index in [4.69, 9.17) is 16.3 Å². The van der Waals surface area contributed by atoms with Gasteiger partial charge in [0.2, 0.25) is 11.8 Å². The molecule has 5 aliphatic rings. The topological polar surface area (TPSA) is 155 Å². The number of rotatable bonds is 9. The molecule has 0 spiro atoms. The van der Waals surface area contributed by atoms with E-state index in [0.29, 0.717) is 41.0 Å². The van der Waals surface area contributed by atoms with E-state index >= 15 is 4.39 Å². The van der Waals surface area contributed by atoms with Gasteiger partial charge in [0.1, 0.15) is 29.8 Å². The normalized spacial score (nSPS) is 24.1. The van der Waals surface area contributed by atoms with Crippen molar-refractivity contribution in [3.05, 3.63) is 87.7 Å². The molecule has 4 heterocycles. The first-order chi connectivity index (χ1) is 28.6. The Balaban J connectivity index is 0.805. The molecule has 4 aliphatic heterocycles. The van der Waals surface area contributed by atoms with Crippen LogP contribution >= 0.6 is 11.6 Å². The fourth-order valence-corrected chi connectivity index (χ4v) is 10.5. The number of hydrogen-bond donors (Lipinski definition) is 2. The average molecular weight is 838 g/mol. The number of imide groups is 2. The number of carbonyl (C=O) groups excluding carboxylic acids is 5. The zero-order valence-electron chi connectivity index (χ0n) is 34.2. The minimum Gasteiger partial charge on any atom is -0.489 e. The molecule has 4 fully saturated rings. The summed E-state index contributed by atoms with van der Waals surface area (Å²) in [4.78, 5) is 71.7. The van der Waals surface area contributed by atoms with E-state index in [2.05, 4.69) is 25.3 Å². The molecular weight excluding hydrogens is 789 g/mol. The quantitative estimate of drug-likeness (QED) is 0.268. The predicted octanol–water partition coefficient (Wildman–Crippen LogP) is 5.40. The first kappa shape index (κ1) is 41.2. The molecule has 8 rings (SSSR count). The van der Waals surface area contributed by atoms with Crippen LogP contribution in [0.3, 0.4) is 0 Å². The Morgan fingerprint density at radius 2 is 1.58 bits per heavy atom. The van der Waals surface area contributed by atoms with Crippen molar-refractivity contribution in [3.8, 4) is 11.8 Å². The van der Waals surface area contributed by atoms with E-state index in [0.717, 1.165) is 56.2 Å². The molecule has 13 nitrogen and oxygen atoms in total. The van der Waals surface area contributed by atoms with Gasteiger partial charge in [-0.1, -0.05) is 39.3 Å². The molecule has 314 valence electrons. The van der Waals surface area contributed by atoms with Crippen LogP contribution in [0.2, 0.25) is 5.02 Å². The molecule has 2 N–H and O–H groups in total. The highest BCUT2D eigenvalue weighted by Gasteiger charge is 2.64. The van der Waals surface area contributed by atoms with Gasteiger partial charge in [-0.05, 0) is 73.7 Å². The molecule has 1 unspecified atom stereocenters. The molecule has 0 radical (unpaired) electrons. The van der Waals surface area contributed by atoms with Crippen LogP contribution in [0.5, 0.6) is 5.75 Å². The molecule has 3 saturated heterocycles. The van der Waals surface area contributed by atoms with Crippen molar-refractivity contribution in [2.75, 3.05) is 55.6 Å². The number of ether oxygens (including phenoxy) is 1. The Labute approximate surface area is 353 Å². The number of benzene rings is 3. The van der Waals surface area contributed by atoms with Crippen molar-refractivity contribution in [3.63, 3.8) is 0 Å². The first-order valence-electron chi connectivity index (χ1n) is 20.6. The maximum absolute atomic E-state index is 15.7. The molecule has 1 saturated carbocycles. The second kappa shape index (κ2) is 15.8. The van der Waals surface area contributed by atoms with Crippen molar-refractivity contribution >= 4 is 52.5 Å². The van der Waals surface area contributed by atoms with Gasteiger partial charge < -0.3 is 19.9 Å². The lowest BCUT2D eigenvalue weighted by Gasteiger charge is -2.63. The minimum absolute atomic E-state index is 0.0748. The Morgan fingerprint density at radius 1 is 0.883 bits per heavy atom. The van der Waals surface area contributed by atoms with E-state index in [1.165, 1.54) is 6.07 Å². The van der Waals surface area contributed by atoms with Crippen molar-refractivity contribution < 1.29 is 33.1 Å². The van der Waals surface area contributed by atoms with Gasteiger partial charge in [0.25, 0.3) is 17.7 Å². The van der Waals surface area contributed by atoms with Crippen molar-refractivity contribution in [1.29, 1.82) is 5.26 Å². The van der Waals surface area contributed by atoms with Crippen molar-refractivity contribution in [1.82, 2.24) is 20.4 Å². The number of fused-ring (bicyclic) bond motifs is 1. The first-order valence-corrected chi connectivity index (χ1v) is 21.0. The van der Waals surface area contributed by atoms with Gasteiger partial charge in [-0.2, -0.15) is 5.26 Å². The van der Waals surface area contributed by atoms with E-state index in [9.17, 15) is 29.2 Å². The number of nitriles is 1. The zero-order valence-corrected chi connectivity index (χ0v) is 35.0. The number of nitrogens with one attached hydrogen (secondary N) is 2. The molecule has 1 aliphatic carbocycles. The molecule has 1 atom stereocenters. The second-order valence-electron chi connectivity index (χ2n) is 17.9. The van der Waals surface area contributed by atoms with Gasteiger partial charge in [-0.25, -0.2) is 4.39 Å². The van der Waals surface area contributed by atoms with Crippen LogP contribution in [0, 0.1) is 33.9 Å². The van der Waals surface area contributed by atoms with E-state index in [1.54, 1.807) is 42.5 Å². The van der Waals surface area contributed by atoms with Crippen molar-refractivity contribution in [2.24, 2.45) is 16.7 Å². The molecule has 3 aromatic carbocycles. The van der Waals surface area contributed by atoms with E-state index in [-0.39, 0.29) is 47.6 Å². The van der Waals surface area contributed by atoms with Crippen molar-refractivity contribution in [2.45, 2.75) is 71.6 Å². The van der Waals surface area contributed by atoms with Gasteiger partial charge in [0, 0.05) is 86.4 Å². The fraction of sp³-hybridized carbons (Fsp3) is 0.467. The summed E-state index contributed by atoms with van der Waals surface area (Å²) in [5, 5.41) is 14.9. The van der Waals surface area contributed by atoms with Crippen LogP contribution in [0.4, 0.5) is 15.8 Å². The Hall–Kier alpha value is -5.52. The van der Waals surface area contributed by atoms with Gasteiger partial charge >= 0.3 is 0 Å². The summed E-state index contributed by atoms with van der Waals surface area (Å²) >= 11 is 6.23. The lowest BCUT2D eigenvalue weighted by molar-refractivity contribution is -0.164. The Kier molecular flexibility index (Phi) is 10.9. The number of halogens is 2. The van der Waals surface area contributed by atoms with Gasteiger partial charge in [-0.3, -0.25) is 39.1 Å². The number of amides is 5. The molecular formula is C45H49ClFN7O6. The summed E-state index contributed by atoms with van der Waals surface area (Å²) < 4.78 is 22.0. The molecule has 3 aromatic rings. The van der Waals surface area contributed by atoms with Gasteiger partial charge in [0.05, 0.1) is 27.4 Å². The van der Waals surface area contributed by atoms with Gasteiger partial charge in [-0.15, -0.1) is 0 Å². The summed E-state index contributed by atoms with van der Waals surface area (Å²) in [5.74, 6) is -1.82. The number of hydrogen-bond acceptors (Lipinski definition) is 10. The highest BCUT2D eigenvalue weighted by molar-refractivity contribution is 6.31. The number of anilines is 2. The highest BCUT2D eigenvalue weighted by atomic mass is 35.5. The smallest absolute Gasteiger partial charge is 0.262 e. The van der Waals surface area contributed by atoms with Crippen LogP contribution in [-0.4, -0.2) is 103 Å². The van der Waals surface area contributed by atoms with Gasteiger partial charge in [0.15, 0.2) is 0 Å². The third-order valence-corrected chi connectivity index (χ3v) is 13.6. The SMILES string of the molecule is CC1(C)[C@H](NC(=O)c2ccc(N3CCC(CN4CCN(c5ccc6c(c5)C(=O)N(C5CCC(=O)NC5=O)C6=O)CC4)CC3)c(F)c2)C(C)(C)[C@H]1Oc1ccc(C#N)c(Cl)c1. The fourth-order valence-electron chi connectivity index (χ4n) is 10.3. The molecule has 0 bridgehead atoms. The highest BCUT2D eigenvalue weighted by Crippen LogP contribution is 2.55. The van der Waals surface area contributed by atoms with Crippen LogP contribution in [0.25, 0.3) is 0 Å². The minimum atomic E-state index is -0.994. The number of piperazine rings is 1. The lowest BCUT2D eigenvalue weighted by atomic mass is 9.49. The monoisotopic (exact) mass is 837 g/mol. The summed E-state index contributed by atoms with van der Waals surface area (Å²) in [6.07, 6.45) is 1.76. The maximum atomic E-state index is 15.7. The molecule has 15 heteroatoms. The Morgan fingerprint density at radius 3 is 2.23 bits per heavy atom. The largest absolute Gasteiger partial charge is 0.489 e. The number of carbonyl (C=O) groups is 5. The van der Waals surface area contributed by atoms with E-state index < -0.39 is 46.3 Å². The maximum Gasteiger partial charge on any atom is 0.262 e. The zero-order chi connectivity index (χ0) is 42.7. The van der Waals surface area contributed by atoms with Crippen LogP contribution in [0.15, 0.2) is 54.6 Å². The standard InChI is InChI=1S/C45H49ClFN7O6/c1-44(2)42(45(3,4)43(44)60-30-8-5-28(24-48)33(46)23-30)50-38(56)27-6-10-35(34(47)21-27)53-15-13-26(14-16-53)25-51-17-19-52(20-18-51)29-7-9-31-32(22-29)41(59)54(40(31)58)36-11-12-37(55)49-39(36)57/h5-10,21-23,26,36,42-43H,11-20,25H2,1-4H3,(H,50,56)(H,49,55,57)/t36?,42-,43-. The summed E-state index contributed by atoms with van der Waals surface area (Å²) in [7, 11) is 0. The van der Waals surface area contributed by atoms with Crippen LogP contribution in [-0.2, 0) is 9.59 Å². The molecule has 0 aromatic heterocycles. The summed E-state index contributed by atoms with van der Waals surface area (Å²) in [6, 6.07) is 15.7. The van der Waals surface area contributed by atoms with Crippen LogP contribution < -0.4 is 25.2 Å². The summed E-state index contributed by atoms with van der Waals surface area (Å²) in [5.41, 5.74) is 1.61. The van der Waals surface area contributed by atoms with E-state index in [1.807, 2.05) is 39.8 Å². The summed E-state index contributed by atoms with van der Waals surface area (Å²) in [6.45, 7) is 13.6. The van der Waals surface area contributed by atoms with Crippen LogP contribution in [0.1, 0.15) is 90.0 Å². The third-order valence-electron chi connectivity index (χ3n) is 13.3. The predicted molar refractivity (Wildman–Crippen MR) is 223 cm³/mol. The molecule has 5 amide bonds. The number of piperidine rings is 2. The Bertz CT molecular complexity index is 2300. The third kappa shape index (κ3) is 7.47. The number of nitrogens with zero attached hydrogens (tertiary/aromatic N) is 5. The molecule has 60 heavy (non-hydrogen) atoms.